The van der Waals surface area contributed by atoms with E-state index in [9.17, 15) is 19.7 Å². The van der Waals surface area contributed by atoms with Crippen LogP contribution in [0.5, 0.6) is 5.75 Å². The van der Waals surface area contributed by atoms with Crippen LogP contribution in [-0.4, -0.2) is 35.1 Å². The molecular weight excluding hydrogens is 280 g/mol. The molecule has 0 aromatic heterocycles. The van der Waals surface area contributed by atoms with Crippen LogP contribution in [0, 0.1) is 10.1 Å². The van der Waals surface area contributed by atoms with Crippen LogP contribution >= 0.6 is 0 Å². The highest BCUT2D eigenvalue weighted by Gasteiger charge is 2.19. The molecule has 0 spiro atoms. The topological polar surface area (TPSA) is 119 Å². The van der Waals surface area contributed by atoms with Crippen molar-refractivity contribution in [1.29, 1.82) is 0 Å². The number of ether oxygens (including phenoxy) is 1. The van der Waals surface area contributed by atoms with E-state index in [-0.39, 0.29) is 35.9 Å². The van der Waals surface area contributed by atoms with Crippen molar-refractivity contribution in [3.05, 3.63) is 33.9 Å². The smallest absolute Gasteiger partial charge is 0.303 e. The number of benzene rings is 1. The van der Waals surface area contributed by atoms with Gasteiger partial charge in [0.25, 0.3) is 11.6 Å². The number of carboxylic acids is 1. The van der Waals surface area contributed by atoms with Crippen molar-refractivity contribution < 1.29 is 24.4 Å². The second kappa shape index (κ2) is 7.22. The molecule has 0 saturated heterocycles. The molecule has 0 aliphatic carbocycles. The summed E-state index contributed by atoms with van der Waals surface area (Å²) in [6.07, 6.45) is 0.186. The molecule has 114 valence electrons. The predicted octanol–water partition coefficient (Wildman–Crippen LogP) is 1.59. The quantitative estimate of drug-likeness (QED) is 0.582. The van der Waals surface area contributed by atoms with E-state index in [0.29, 0.717) is 0 Å². The van der Waals surface area contributed by atoms with Gasteiger partial charge in [-0.2, -0.15) is 0 Å². The number of hydrogen-bond donors (Lipinski definition) is 2. The molecule has 1 aromatic rings. The molecule has 1 amide bonds. The number of nitro benzene ring substituents is 1. The van der Waals surface area contributed by atoms with E-state index in [1.165, 1.54) is 19.2 Å². The number of rotatable bonds is 7. The zero-order chi connectivity index (χ0) is 16.0. The van der Waals surface area contributed by atoms with Gasteiger partial charge in [-0.1, -0.05) is 0 Å². The van der Waals surface area contributed by atoms with Crippen molar-refractivity contribution in [3.63, 3.8) is 0 Å². The van der Waals surface area contributed by atoms with Crippen LogP contribution in [0.4, 0.5) is 5.69 Å². The highest BCUT2D eigenvalue weighted by atomic mass is 16.6. The first kappa shape index (κ1) is 16.4. The molecular formula is C13H16N2O6. The molecule has 0 aliphatic heterocycles. The van der Waals surface area contributed by atoms with Gasteiger partial charge in [0.05, 0.1) is 17.6 Å². The summed E-state index contributed by atoms with van der Waals surface area (Å²) in [5.74, 6) is -1.29. The molecule has 8 heteroatoms. The Bertz CT molecular complexity index is 558. The summed E-state index contributed by atoms with van der Waals surface area (Å²) in [7, 11) is 1.35. The van der Waals surface area contributed by atoms with Gasteiger partial charge >= 0.3 is 5.97 Å². The van der Waals surface area contributed by atoms with Crippen LogP contribution in [0.3, 0.4) is 0 Å². The fourth-order valence-corrected chi connectivity index (χ4v) is 1.70. The summed E-state index contributed by atoms with van der Waals surface area (Å²) in [5.41, 5.74) is -0.187. The van der Waals surface area contributed by atoms with Crippen molar-refractivity contribution in [3.8, 4) is 5.75 Å². The van der Waals surface area contributed by atoms with Crippen LogP contribution in [0.2, 0.25) is 0 Å². The van der Waals surface area contributed by atoms with Crippen molar-refractivity contribution in [2.75, 3.05) is 7.11 Å². The maximum absolute atomic E-state index is 12.1. The third-order valence-corrected chi connectivity index (χ3v) is 2.81. The fraction of sp³-hybridized carbons (Fsp3) is 0.385. The van der Waals surface area contributed by atoms with Crippen molar-refractivity contribution in [1.82, 2.24) is 5.32 Å². The van der Waals surface area contributed by atoms with Crippen LogP contribution in [0.15, 0.2) is 18.2 Å². The molecule has 0 bridgehead atoms. The molecule has 0 saturated carbocycles. The van der Waals surface area contributed by atoms with Gasteiger partial charge < -0.3 is 15.2 Å². The molecule has 0 radical (unpaired) electrons. The lowest BCUT2D eigenvalue weighted by Crippen LogP contribution is -2.33. The first-order valence-corrected chi connectivity index (χ1v) is 6.20. The Morgan fingerprint density at radius 2 is 2.14 bits per heavy atom. The van der Waals surface area contributed by atoms with Gasteiger partial charge in [-0.25, -0.2) is 0 Å². The van der Waals surface area contributed by atoms with Crippen LogP contribution in [0.25, 0.3) is 0 Å². The van der Waals surface area contributed by atoms with E-state index in [4.69, 9.17) is 9.84 Å². The molecule has 0 aliphatic rings. The average molecular weight is 296 g/mol. The van der Waals surface area contributed by atoms with Crippen molar-refractivity contribution in [2.24, 2.45) is 0 Å². The number of amides is 1. The molecule has 1 atom stereocenters. The maximum Gasteiger partial charge on any atom is 0.303 e. The molecule has 8 nitrogen and oxygen atoms in total. The van der Waals surface area contributed by atoms with E-state index in [2.05, 4.69) is 5.32 Å². The van der Waals surface area contributed by atoms with Gasteiger partial charge in [0.15, 0.2) is 0 Å². The Kier molecular flexibility index (Phi) is 5.65. The largest absolute Gasteiger partial charge is 0.496 e. The average Bonchev–Trinajstić information content (AvgIpc) is 2.44. The van der Waals surface area contributed by atoms with Crippen LogP contribution in [-0.2, 0) is 4.79 Å². The first-order valence-electron chi connectivity index (χ1n) is 6.20. The monoisotopic (exact) mass is 296 g/mol. The number of nitro groups is 1. The standard InChI is InChI=1S/C13H16N2O6/c1-8(3-6-12(16)17)14-13(18)10-7-9(15(19)20)4-5-11(10)21-2/h4-5,7-8H,3,6H2,1-2H3,(H,14,18)(H,16,17). The van der Waals surface area contributed by atoms with Gasteiger partial charge in [-0.3, -0.25) is 19.7 Å². The summed E-state index contributed by atoms with van der Waals surface area (Å²) in [6, 6.07) is 3.33. The van der Waals surface area contributed by atoms with Gasteiger partial charge in [0, 0.05) is 24.6 Å². The third kappa shape index (κ3) is 4.75. The molecule has 1 rings (SSSR count). The second-order valence-corrected chi connectivity index (χ2v) is 4.45. The molecule has 1 aromatic carbocycles. The molecule has 1 unspecified atom stereocenters. The third-order valence-electron chi connectivity index (χ3n) is 2.81. The lowest BCUT2D eigenvalue weighted by atomic mass is 10.1. The minimum absolute atomic E-state index is 0.0360. The van der Waals surface area contributed by atoms with E-state index >= 15 is 0 Å². The zero-order valence-electron chi connectivity index (χ0n) is 11.7. The Morgan fingerprint density at radius 3 is 2.67 bits per heavy atom. The van der Waals surface area contributed by atoms with Gasteiger partial charge in [-0.15, -0.1) is 0 Å². The second-order valence-electron chi connectivity index (χ2n) is 4.45. The van der Waals surface area contributed by atoms with Crippen molar-refractivity contribution in [2.45, 2.75) is 25.8 Å². The van der Waals surface area contributed by atoms with Crippen molar-refractivity contribution >= 4 is 17.6 Å². The Hall–Kier alpha value is -2.64. The molecule has 0 fully saturated rings. The lowest BCUT2D eigenvalue weighted by molar-refractivity contribution is -0.384. The first-order chi connectivity index (χ1) is 9.85. The zero-order valence-corrected chi connectivity index (χ0v) is 11.7. The minimum atomic E-state index is -0.955. The summed E-state index contributed by atoms with van der Waals surface area (Å²) < 4.78 is 5.00. The highest BCUT2D eigenvalue weighted by Crippen LogP contribution is 2.24. The summed E-state index contributed by atoms with van der Waals surface area (Å²) in [4.78, 5) is 32.7. The Morgan fingerprint density at radius 1 is 1.48 bits per heavy atom. The molecule has 0 heterocycles. The highest BCUT2D eigenvalue weighted by molar-refractivity contribution is 5.97. The summed E-state index contributed by atoms with van der Waals surface area (Å²) >= 11 is 0. The number of nitrogens with one attached hydrogen (secondary N) is 1. The Labute approximate surface area is 120 Å². The van der Waals surface area contributed by atoms with Crippen LogP contribution in [0.1, 0.15) is 30.1 Å². The van der Waals surface area contributed by atoms with E-state index in [1.807, 2.05) is 0 Å². The number of methoxy groups -OCH3 is 1. The number of non-ortho nitro benzene ring substituents is 1. The van der Waals surface area contributed by atoms with E-state index < -0.39 is 16.8 Å². The van der Waals surface area contributed by atoms with E-state index in [1.54, 1.807) is 6.92 Å². The minimum Gasteiger partial charge on any atom is -0.496 e. The molecule has 2 N–H and O–H groups in total. The van der Waals surface area contributed by atoms with Gasteiger partial charge in [0.1, 0.15) is 5.75 Å². The number of carbonyl (C=O) groups is 2. The van der Waals surface area contributed by atoms with Gasteiger partial charge in [-0.05, 0) is 19.4 Å². The molecule has 21 heavy (non-hydrogen) atoms. The SMILES string of the molecule is COc1ccc([N+](=O)[O-])cc1C(=O)NC(C)CCC(=O)O. The van der Waals surface area contributed by atoms with Crippen LogP contribution < -0.4 is 10.1 Å². The van der Waals surface area contributed by atoms with Gasteiger partial charge in [0.2, 0.25) is 0 Å². The summed E-state index contributed by atoms with van der Waals surface area (Å²) in [5, 5.41) is 21.9. The predicted molar refractivity (Wildman–Crippen MR) is 73.4 cm³/mol. The number of hydrogen-bond acceptors (Lipinski definition) is 5. The number of carboxylic acid groups (broad SMARTS) is 1. The Balaban J connectivity index is 2.87. The number of aliphatic carboxylic acids is 1. The normalized spacial score (nSPS) is 11.5. The maximum atomic E-state index is 12.1. The lowest BCUT2D eigenvalue weighted by Gasteiger charge is -2.14. The summed E-state index contributed by atoms with van der Waals surface area (Å²) in [6.45, 7) is 1.66. The van der Waals surface area contributed by atoms with E-state index in [0.717, 1.165) is 6.07 Å². The number of nitrogens with zero attached hydrogens (tertiary/aromatic N) is 1. The fourth-order valence-electron chi connectivity index (χ4n) is 1.70. The number of carbonyl (C=O) groups excluding carboxylic acids is 1.